The number of carboxylic acid groups (broad SMARTS) is 1. The molecular formula is C18H28N2O4. The SMILES string of the molecule is CN(C)CC1(O)CCCN(Cc2ccccc2OCC(=O)O)CC1. The molecule has 0 spiro atoms. The zero-order valence-electron chi connectivity index (χ0n) is 14.6. The number of para-hydroxylation sites is 1. The van der Waals surface area contributed by atoms with Gasteiger partial charge in [-0.2, -0.15) is 0 Å². The maximum atomic E-state index is 10.7. The summed E-state index contributed by atoms with van der Waals surface area (Å²) in [4.78, 5) is 15.0. The molecular weight excluding hydrogens is 308 g/mol. The predicted octanol–water partition coefficient (Wildman–Crippen LogP) is 1.43. The lowest BCUT2D eigenvalue weighted by Crippen LogP contribution is -2.40. The maximum Gasteiger partial charge on any atom is 0.341 e. The number of carboxylic acids is 1. The molecule has 2 N–H and O–H groups in total. The topological polar surface area (TPSA) is 73.2 Å². The maximum absolute atomic E-state index is 10.7. The van der Waals surface area contributed by atoms with Crippen molar-refractivity contribution in [2.45, 2.75) is 31.4 Å². The van der Waals surface area contributed by atoms with Crippen LogP contribution in [0.5, 0.6) is 5.75 Å². The molecule has 1 saturated heterocycles. The third kappa shape index (κ3) is 5.78. The molecule has 0 amide bonds. The van der Waals surface area contributed by atoms with E-state index >= 15 is 0 Å². The zero-order valence-corrected chi connectivity index (χ0v) is 14.6. The van der Waals surface area contributed by atoms with Gasteiger partial charge in [-0.15, -0.1) is 0 Å². The number of rotatable bonds is 7. The van der Waals surface area contributed by atoms with Crippen LogP contribution in [0.25, 0.3) is 0 Å². The summed E-state index contributed by atoms with van der Waals surface area (Å²) in [7, 11) is 3.97. The number of hydrogen-bond donors (Lipinski definition) is 2. The van der Waals surface area contributed by atoms with Gasteiger partial charge in [0.25, 0.3) is 0 Å². The van der Waals surface area contributed by atoms with Crippen molar-refractivity contribution in [1.29, 1.82) is 0 Å². The molecule has 1 unspecified atom stereocenters. The van der Waals surface area contributed by atoms with E-state index in [1.165, 1.54) is 0 Å². The molecule has 1 aromatic carbocycles. The molecule has 6 heteroatoms. The Morgan fingerprint density at radius 1 is 1.29 bits per heavy atom. The van der Waals surface area contributed by atoms with E-state index in [1.807, 2.05) is 37.2 Å². The summed E-state index contributed by atoms with van der Waals surface area (Å²) in [6.45, 7) is 2.78. The third-order valence-electron chi connectivity index (χ3n) is 4.34. The van der Waals surface area contributed by atoms with Crippen LogP contribution in [-0.4, -0.2) is 71.9 Å². The minimum atomic E-state index is -0.978. The van der Waals surface area contributed by atoms with Crippen molar-refractivity contribution < 1.29 is 19.7 Å². The first-order valence-corrected chi connectivity index (χ1v) is 8.40. The fraction of sp³-hybridized carbons (Fsp3) is 0.611. The van der Waals surface area contributed by atoms with Crippen molar-refractivity contribution in [3.05, 3.63) is 29.8 Å². The van der Waals surface area contributed by atoms with Gasteiger partial charge >= 0.3 is 5.97 Å². The van der Waals surface area contributed by atoms with Crippen molar-refractivity contribution in [2.24, 2.45) is 0 Å². The van der Waals surface area contributed by atoms with Crippen LogP contribution in [-0.2, 0) is 11.3 Å². The van der Waals surface area contributed by atoms with Crippen LogP contribution < -0.4 is 4.74 Å². The normalized spacial score (nSPS) is 22.3. The molecule has 24 heavy (non-hydrogen) atoms. The number of likely N-dealkylation sites (tertiary alicyclic amines) is 1. The number of aliphatic hydroxyl groups is 1. The first kappa shape index (κ1) is 18.7. The number of benzene rings is 1. The number of carbonyl (C=O) groups is 1. The second-order valence-electron chi connectivity index (χ2n) is 6.88. The molecule has 0 radical (unpaired) electrons. The van der Waals surface area contributed by atoms with Crippen molar-refractivity contribution >= 4 is 5.97 Å². The van der Waals surface area contributed by atoms with Gasteiger partial charge < -0.3 is 19.8 Å². The van der Waals surface area contributed by atoms with Crippen molar-refractivity contribution in [3.63, 3.8) is 0 Å². The largest absolute Gasteiger partial charge is 0.482 e. The molecule has 1 fully saturated rings. The minimum absolute atomic E-state index is 0.334. The van der Waals surface area contributed by atoms with Gasteiger partial charge in [-0.3, -0.25) is 4.90 Å². The molecule has 1 aliphatic rings. The smallest absolute Gasteiger partial charge is 0.341 e. The van der Waals surface area contributed by atoms with E-state index in [-0.39, 0.29) is 6.61 Å². The van der Waals surface area contributed by atoms with E-state index in [0.29, 0.717) is 18.8 Å². The summed E-state index contributed by atoms with van der Waals surface area (Å²) in [6, 6.07) is 7.55. The number of aliphatic carboxylic acids is 1. The van der Waals surface area contributed by atoms with Crippen LogP contribution in [0.2, 0.25) is 0 Å². The highest BCUT2D eigenvalue weighted by Gasteiger charge is 2.30. The molecule has 0 aromatic heterocycles. The fourth-order valence-corrected chi connectivity index (χ4v) is 3.30. The zero-order chi connectivity index (χ0) is 17.6. The van der Waals surface area contributed by atoms with Crippen LogP contribution in [0.15, 0.2) is 24.3 Å². The summed E-state index contributed by atoms with van der Waals surface area (Å²) in [5, 5.41) is 19.5. The summed E-state index contributed by atoms with van der Waals surface area (Å²) >= 11 is 0. The quantitative estimate of drug-likeness (QED) is 0.785. The monoisotopic (exact) mass is 336 g/mol. The highest BCUT2D eigenvalue weighted by molar-refractivity contribution is 5.68. The van der Waals surface area contributed by atoms with E-state index in [0.717, 1.165) is 37.9 Å². The van der Waals surface area contributed by atoms with Crippen molar-refractivity contribution in [1.82, 2.24) is 9.80 Å². The van der Waals surface area contributed by atoms with Gasteiger partial charge in [0.05, 0.1) is 5.60 Å². The number of ether oxygens (including phenoxy) is 1. The van der Waals surface area contributed by atoms with E-state index in [4.69, 9.17) is 9.84 Å². The third-order valence-corrected chi connectivity index (χ3v) is 4.34. The van der Waals surface area contributed by atoms with Crippen LogP contribution in [0.4, 0.5) is 0 Å². The van der Waals surface area contributed by atoms with Crippen LogP contribution in [0.3, 0.4) is 0 Å². The summed E-state index contributed by atoms with van der Waals surface area (Å²) < 4.78 is 5.38. The second kappa shape index (κ2) is 8.46. The van der Waals surface area contributed by atoms with Gasteiger partial charge in [0, 0.05) is 25.2 Å². The van der Waals surface area contributed by atoms with Crippen LogP contribution in [0, 0.1) is 0 Å². The Hall–Kier alpha value is -1.63. The molecule has 2 rings (SSSR count). The molecule has 0 aliphatic carbocycles. The average molecular weight is 336 g/mol. The Kier molecular flexibility index (Phi) is 6.60. The molecule has 134 valence electrons. The van der Waals surface area contributed by atoms with Gasteiger partial charge in [-0.1, -0.05) is 18.2 Å². The molecule has 0 saturated carbocycles. The van der Waals surface area contributed by atoms with E-state index < -0.39 is 11.6 Å². The van der Waals surface area contributed by atoms with Gasteiger partial charge in [-0.05, 0) is 46.0 Å². The lowest BCUT2D eigenvalue weighted by Gasteiger charge is -2.30. The number of hydrogen-bond acceptors (Lipinski definition) is 5. The van der Waals surface area contributed by atoms with Crippen LogP contribution >= 0.6 is 0 Å². The second-order valence-corrected chi connectivity index (χ2v) is 6.88. The molecule has 6 nitrogen and oxygen atoms in total. The van der Waals surface area contributed by atoms with Crippen molar-refractivity contribution in [2.75, 3.05) is 40.3 Å². The first-order valence-electron chi connectivity index (χ1n) is 8.40. The molecule has 1 atom stereocenters. The Labute approximate surface area is 143 Å². The summed E-state index contributed by atoms with van der Waals surface area (Å²) in [5.74, 6) is -0.360. The van der Waals surface area contributed by atoms with E-state index in [9.17, 15) is 9.90 Å². The summed E-state index contributed by atoms with van der Waals surface area (Å²) in [5.41, 5.74) is 0.356. The Morgan fingerprint density at radius 2 is 2.04 bits per heavy atom. The minimum Gasteiger partial charge on any atom is -0.482 e. The van der Waals surface area contributed by atoms with Gasteiger partial charge in [-0.25, -0.2) is 4.79 Å². The van der Waals surface area contributed by atoms with Crippen LogP contribution in [0.1, 0.15) is 24.8 Å². The van der Waals surface area contributed by atoms with Gasteiger partial charge in [0.15, 0.2) is 6.61 Å². The molecule has 1 heterocycles. The number of likely N-dealkylation sites (N-methyl/N-ethyl adjacent to an activating group) is 1. The Bertz CT molecular complexity index is 550. The van der Waals surface area contributed by atoms with Crippen molar-refractivity contribution in [3.8, 4) is 5.75 Å². The summed E-state index contributed by atoms with van der Waals surface area (Å²) in [6.07, 6.45) is 2.49. The Balaban J connectivity index is 1.98. The van der Waals surface area contributed by atoms with E-state index in [2.05, 4.69) is 4.90 Å². The molecule has 1 aromatic rings. The first-order chi connectivity index (χ1) is 11.4. The lowest BCUT2D eigenvalue weighted by atomic mass is 9.94. The fourth-order valence-electron chi connectivity index (χ4n) is 3.30. The highest BCUT2D eigenvalue weighted by Crippen LogP contribution is 2.26. The van der Waals surface area contributed by atoms with Gasteiger partial charge in [0.2, 0.25) is 0 Å². The lowest BCUT2D eigenvalue weighted by molar-refractivity contribution is -0.139. The Morgan fingerprint density at radius 3 is 2.75 bits per heavy atom. The van der Waals surface area contributed by atoms with Gasteiger partial charge in [0.1, 0.15) is 5.75 Å². The number of nitrogens with zero attached hydrogens (tertiary/aromatic N) is 2. The molecule has 1 aliphatic heterocycles. The standard InChI is InChI=1S/C18H28N2O4/c1-19(2)14-18(23)8-5-10-20(11-9-18)12-15-6-3-4-7-16(15)24-13-17(21)22/h3-4,6-7,23H,5,8-14H2,1-2H3,(H,21,22). The average Bonchev–Trinajstić information content (AvgIpc) is 2.67. The van der Waals surface area contributed by atoms with E-state index in [1.54, 1.807) is 6.07 Å². The molecule has 0 bridgehead atoms. The highest BCUT2D eigenvalue weighted by atomic mass is 16.5. The predicted molar refractivity (Wildman–Crippen MR) is 92.2 cm³/mol.